The summed E-state index contributed by atoms with van der Waals surface area (Å²) in [6, 6.07) is 0. The molecule has 1 heterocycles. The van der Waals surface area contributed by atoms with E-state index >= 15 is 0 Å². The molecule has 0 saturated heterocycles. The summed E-state index contributed by atoms with van der Waals surface area (Å²) in [5.41, 5.74) is -5.44. The Morgan fingerprint density at radius 1 is 1.35 bits per heavy atom. The molecule has 0 aromatic carbocycles. The molecule has 0 aliphatic heterocycles. The van der Waals surface area contributed by atoms with Gasteiger partial charge in [0.15, 0.2) is 5.54 Å². The maximum absolute atomic E-state index is 14.3. The van der Waals surface area contributed by atoms with E-state index in [1.54, 1.807) is 6.08 Å². The van der Waals surface area contributed by atoms with Gasteiger partial charge in [-0.3, -0.25) is 4.79 Å². The van der Waals surface area contributed by atoms with E-state index in [0.29, 0.717) is 18.4 Å². The molecule has 26 heavy (non-hydrogen) atoms. The predicted octanol–water partition coefficient (Wildman–Crippen LogP) is 2.41. The molecule has 3 rings (SSSR count). The van der Waals surface area contributed by atoms with Crippen LogP contribution in [0.1, 0.15) is 43.0 Å². The lowest BCUT2D eigenvalue weighted by atomic mass is 9.79. The summed E-state index contributed by atoms with van der Waals surface area (Å²) in [6.07, 6.45) is -0.649. The Hall–Kier alpha value is -2.58. The van der Waals surface area contributed by atoms with Gasteiger partial charge in [0.05, 0.1) is 6.61 Å². The first-order chi connectivity index (χ1) is 12.2. The molecule has 140 valence electrons. The van der Waals surface area contributed by atoms with Gasteiger partial charge in [-0.05, 0) is 37.3 Å². The molecule has 0 fully saturated rings. The summed E-state index contributed by atoms with van der Waals surface area (Å²) in [6.45, 7) is 1.45. The van der Waals surface area contributed by atoms with Crippen molar-refractivity contribution >= 4 is 5.97 Å². The van der Waals surface area contributed by atoms with Crippen molar-refractivity contribution in [2.75, 3.05) is 6.61 Å². The molecule has 6 nitrogen and oxygen atoms in total. The number of hydrogen-bond acceptors (Lipinski definition) is 4. The highest BCUT2D eigenvalue weighted by Crippen LogP contribution is 2.51. The van der Waals surface area contributed by atoms with E-state index in [-0.39, 0.29) is 23.2 Å². The van der Waals surface area contributed by atoms with Crippen LogP contribution >= 0.6 is 0 Å². The van der Waals surface area contributed by atoms with Crippen LogP contribution in [0.25, 0.3) is 0 Å². The summed E-state index contributed by atoms with van der Waals surface area (Å²) < 4.78 is 47.7. The number of aromatic nitrogens is 2. The normalized spacial score (nSPS) is 22.5. The van der Waals surface area contributed by atoms with Crippen molar-refractivity contribution in [3.63, 3.8) is 0 Å². The van der Waals surface area contributed by atoms with Crippen molar-refractivity contribution in [3.8, 4) is 0 Å². The lowest BCUT2D eigenvalue weighted by Gasteiger charge is -2.39. The van der Waals surface area contributed by atoms with Crippen LogP contribution < -0.4 is 11.2 Å². The van der Waals surface area contributed by atoms with Gasteiger partial charge in [-0.1, -0.05) is 12.2 Å². The Bertz CT molecular complexity index is 923. The Kier molecular flexibility index (Phi) is 4.41. The maximum atomic E-state index is 14.3. The SMILES string of the molecule is CCOC(=O)c1c[nH]c(=O)n(C2(C(F)(F)F)CC=CC3=C2CCC3)c1=O. The fourth-order valence-corrected chi connectivity index (χ4v) is 3.73. The second-order valence-electron chi connectivity index (χ2n) is 6.19. The number of carbonyl (C=O) groups is 1. The van der Waals surface area contributed by atoms with Gasteiger partial charge in [0.2, 0.25) is 0 Å². The molecule has 2 aliphatic carbocycles. The highest BCUT2D eigenvalue weighted by atomic mass is 19.4. The molecule has 0 bridgehead atoms. The molecular weight excluding hydrogens is 353 g/mol. The van der Waals surface area contributed by atoms with E-state index in [1.807, 2.05) is 0 Å². The summed E-state index contributed by atoms with van der Waals surface area (Å²) >= 11 is 0. The van der Waals surface area contributed by atoms with Crippen LogP contribution in [0.5, 0.6) is 0 Å². The van der Waals surface area contributed by atoms with Crippen molar-refractivity contribution in [2.24, 2.45) is 0 Å². The van der Waals surface area contributed by atoms with E-state index in [4.69, 9.17) is 4.74 Å². The number of hydrogen-bond donors (Lipinski definition) is 1. The van der Waals surface area contributed by atoms with Gasteiger partial charge in [0.1, 0.15) is 5.56 Å². The average molecular weight is 370 g/mol. The number of nitrogens with zero attached hydrogens (tertiary/aromatic N) is 1. The molecule has 2 aliphatic rings. The lowest BCUT2D eigenvalue weighted by molar-refractivity contribution is -0.203. The van der Waals surface area contributed by atoms with Crippen LogP contribution in [-0.4, -0.2) is 28.3 Å². The van der Waals surface area contributed by atoms with E-state index < -0.39 is 40.9 Å². The van der Waals surface area contributed by atoms with Gasteiger partial charge in [0.25, 0.3) is 5.56 Å². The number of nitrogens with one attached hydrogen (secondary N) is 1. The molecule has 0 spiro atoms. The zero-order valence-corrected chi connectivity index (χ0v) is 14.0. The van der Waals surface area contributed by atoms with Gasteiger partial charge >= 0.3 is 17.8 Å². The van der Waals surface area contributed by atoms with Gasteiger partial charge in [-0.2, -0.15) is 13.2 Å². The van der Waals surface area contributed by atoms with Gasteiger partial charge < -0.3 is 9.72 Å². The Morgan fingerprint density at radius 2 is 2.08 bits per heavy atom. The number of rotatable bonds is 3. The average Bonchev–Trinajstić information content (AvgIpc) is 3.03. The van der Waals surface area contributed by atoms with Crippen molar-refractivity contribution in [1.29, 1.82) is 0 Å². The Balaban J connectivity index is 2.33. The van der Waals surface area contributed by atoms with E-state index in [2.05, 4.69) is 4.98 Å². The standard InChI is InChI=1S/C17H17F3N2O4/c1-2-26-14(24)11-9-21-15(25)22(13(11)23)16(17(18,19)20)8-4-6-10-5-3-7-12(10)16/h4,6,9H,2-3,5,7-8H2,1H3,(H,21,25). The summed E-state index contributed by atoms with van der Waals surface area (Å²) in [5, 5.41) is 0. The minimum Gasteiger partial charge on any atom is -0.462 e. The molecule has 1 N–H and O–H groups in total. The fourth-order valence-electron chi connectivity index (χ4n) is 3.73. The first kappa shape index (κ1) is 18.2. The van der Waals surface area contributed by atoms with Crippen LogP contribution in [0, 0.1) is 0 Å². The largest absolute Gasteiger partial charge is 0.462 e. The minimum absolute atomic E-state index is 0.0149. The number of alkyl halides is 3. The van der Waals surface area contributed by atoms with Crippen molar-refractivity contribution in [1.82, 2.24) is 9.55 Å². The van der Waals surface area contributed by atoms with Crippen LogP contribution in [-0.2, 0) is 10.3 Å². The summed E-state index contributed by atoms with van der Waals surface area (Å²) in [7, 11) is 0. The second-order valence-corrected chi connectivity index (χ2v) is 6.19. The Morgan fingerprint density at radius 3 is 2.73 bits per heavy atom. The monoisotopic (exact) mass is 370 g/mol. The first-order valence-electron chi connectivity index (χ1n) is 8.22. The van der Waals surface area contributed by atoms with Gasteiger partial charge in [-0.25, -0.2) is 14.2 Å². The number of esters is 1. The summed E-state index contributed by atoms with van der Waals surface area (Å²) in [4.78, 5) is 39.1. The zero-order valence-electron chi connectivity index (χ0n) is 14.0. The lowest BCUT2D eigenvalue weighted by Crippen LogP contribution is -2.59. The third-order valence-electron chi connectivity index (χ3n) is 4.81. The quantitative estimate of drug-likeness (QED) is 0.829. The molecule has 1 atom stereocenters. The maximum Gasteiger partial charge on any atom is 0.416 e. The fraction of sp³-hybridized carbons (Fsp3) is 0.471. The van der Waals surface area contributed by atoms with Crippen LogP contribution in [0.2, 0.25) is 0 Å². The van der Waals surface area contributed by atoms with Crippen molar-refractivity contribution < 1.29 is 22.7 Å². The molecule has 0 radical (unpaired) electrons. The number of carbonyl (C=O) groups excluding carboxylic acids is 1. The van der Waals surface area contributed by atoms with Gasteiger partial charge in [0, 0.05) is 12.6 Å². The number of H-pyrrole nitrogens is 1. The predicted molar refractivity (Wildman–Crippen MR) is 85.9 cm³/mol. The highest BCUT2D eigenvalue weighted by molar-refractivity contribution is 5.88. The first-order valence-corrected chi connectivity index (χ1v) is 8.22. The third-order valence-corrected chi connectivity index (χ3v) is 4.81. The molecule has 0 saturated carbocycles. The van der Waals surface area contributed by atoms with Crippen LogP contribution in [0.3, 0.4) is 0 Å². The number of halogens is 3. The molecule has 1 aromatic heterocycles. The zero-order chi connectivity index (χ0) is 19.1. The second kappa shape index (κ2) is 6.30. The van der Waals surface area contributed by atoms with E-state index in [0.717, 1.165) is 6.20 Å². The topological polar surface area (TPSA) is 81.2 Å². The van der Waals surface area contributed by atoms with E-state index in [1.165, 1.54) is 13.0 Å². The highest BCUT2D eigenvalue weighted by Gasteiger charge is 2.61. The molecule has 1 aromatic rings. The smallest absolute Gasteiger partial charge is 0.416 e. The number of ether oxygens (including phenoxy) is 1. The van der Waals surface area contributed by atoms with Crippen LogP contribution in [0.15, 0.2) is 39.1 Å². The minimum atomic E-state index is -4.90. The summed E-state index contributed by atoms with van der Waals surface area (Å²) in [5.74, 6) is -1.08. The van der Waals surface area contributed by atoms with Crippen molar-refractivity contribution in [2.45, 2.75) is 44.3 Å². The third kappa shape index (κ3) is 2.53. The molecule has 0 amide bonds. The molecular formula is C17H17F3N2O4. The Labute approximate surface area is 146 Å². The van der Waals surface area contributed by atoms with E-state index in [9.17, 15) is 27.6 Å². The molecule has 1 unspecified atom stereocenters. The van der Waals surface area contributed by atoms with Gasteiger partial charge in [-0.15, -0.1) is 0 Å². The van der Waals surface area contributed by atoms with Crippen LogP contribution in [0.4, 0.5) is 13.2 Å². The number of aromatic amines is 1. The molecule has 9 heteroatoms. The van der Waals surface area contributed by atoms with Crippen molar-refractivity contribution in [3.05, 3.63) is 55.9 Å². The number of allylic oxidation sites excluding steroid dienone is 4.